The number of furan rings is 1. The van der Waals surface area contributed by atoms with Gasteiger partial charge in [0, 0.05) is 26.4 Å². The summed E-state index contributed by atoms with van der Waals surface area (Å²) < 4.78 is 7.97. The number of halogens is 2. The van der Waals surface area contributed by atoms with Crippen LogP contribution in [0.1, 0.15) is 0 Å². The molecular formula is C30H18Br2O2. The summed E-state index contributed by atoms with van der Waals surface area (Å²) in [6, 6.07) is 34.5. The Hall–Kier alpha value is -3.34. The van der Waals surface area contributed by atoms with E-state index in [1.165, 1.54) is 0 Å². The van der Waals surface area contributed by atoms with Gasteiger partial charge >= 0.3 is 0 Å². The molecule has 34 heavy (non-hydrogen) atoms. The van der Waals surface area contributed by atoms with Crippen LogP contribution in [0.25, 0.3) is 55.3 Å². The van der Waals surface area contributed by atoms with Crippen molar-refractivity contribution >= 4 is 53.8 Å². The Morgan fingerprint density at radius 3 is 2.12 bits per heavy atom. The van der Waals surface area contributed by atoms with Crippen LogP contribution in [-0.2, 0) is 0 Å². The molecule has 6 aromatic rings. The molecule has 0 atom stereocenters. The van der Waals surface area contributed by atoms with E-state index in [1.807, 2.05) is 36.4 Å². The van der Waals surface area contributed by atoms with E-state index in [1.54, 1.807) is 6.07 Å². The highest BCUT2D eigenvalue weighted by atomic mass is 79.9. The fourth-order valence-electron chi connectivity index (χ4n) is 4.66. The lowest BCUT2D eigenvalue weighted by molar-refractivity contribution is 0.477. The predicted octanol–water partition coefficient (Wildman–Crippen LogP) is 9.82. The van der Waals surface area contributed by atoms with Crippen molar-refractivity contribution in [3.05, 3.63) is 112 Å². The lowest BCUT2D eigenvalue weighted by Gasteiger charge is -2.17. The van der Waals surface area contributed by atoms with Gasteiger partial charge in [-0.15, -0.1) is 0 Å². The summed E-state index contributed by atoms with van der Waals surface area (Å²) >= 11 is 7.26. The fourth-order valence-corrected chi connectivity index (χ4v) is 5.51. The quantitative estimate of drug-likeness (QED) is 0.230. The van der Waals surface area contributed by atoms with E-state index in [0.717, 1.165) is 64.3 Å². The zero-order chi connectivity index (χ0) is 23.2. The van der Waals surface area contributed by atoms with Gasteiger partial charge in [-0.3, -0.25) is 0 Å². The molecule has 0 radical (unpaired) electrons. The molecular weight excluding hydrogens is 552 g/mol. The number of phenolic OH excluding ortho intramolecular Hbond substituents is 1. The fraction of sp³-hybridized carbons (Fsp3) is 0. The normalized spacial score (nSPS) is 11.4. The van der Waals surface area contributed by atoms with Crippen molar-refractivity contribution in [2.75, 3.05) is 0 Å². The number of rotatable bonds is 3. The predicted molar refractivity (Wildman–Crippen MR) is 147 cm³/mol. The third-order valence-corrected chi connectivity index (χ3v) is 7.22. The van der Waals surface area contributed by atoms with Crippen LogP contribution in [0.2, 0.25) is 0 Å². The van der Waals surface area contributed by atoms with Crippen molar-refractivity contribution in [3.8, 4) is 39.1 Å². The lowest BCUT2D eigenvalue weighted by Crippen LogP contribution is -1.91. The molecule has 1 N–H and O–H groups in total. The largest absolute Gasteiger partial charge is 0.507 e. The lowest BCUT2D eigenvalue weighted by atomic mass is 9.87. The summed E-state index contributed by atoms with van der Waals surface area (Å²) in [5.41, 5.74) is 7.63. The summed E-state index contributed by atoms with van der Waals surface area (Å²) in [6.45, 7) is 0. The Kier molecular flexibility index (Phi) is 5.28. The first-order chi connectivity index (χ1) is 16.6. The number of para-hydroxylation sites is 1. The number of hydrogen-bond acceptors (Lipinski definition) is 2. The highest BCUT2D eigenvalue weighted by molar-refractivity contribution is 9.11. The molecule has 6 rings (SSSR count). The van der Waals surface area contributed by atoms with Gasteiger partial charge in [0.15, 0.2) is 0 Å². The van der Waals surface area contributed by atoms with Crippen LogP contribution in [0, 0.1) is 0 Å². The van der Waals surface area contributed by atoms with Crippen molar-refractivity contribution in [1.82, 2.24) is 0 Å². The monoisotopic (exact) mass is 568 g/mol. The Morgan fingerprint density at radius 1 is 0.618 bits per heavy atom. The Morgan fingerprint density at radius 2 is 1.32 bits per heavy atom. The molecule has 0 fully saturated rings. The second-order valence-electron chi connectivity index (χ2n) is 8.16. The van der Waals surface area contributed by atoms with Gasteiger partial charge < -0.3 is 9.52 Å². The van der Waals surface area contributed by atoms with Crippen molar-refractivity contribution in [2.45, 2.75) is 0 Å². The smallest absolute Gasteiger partial charge is 0.150 e. The molecule has 0 unspecified atom stereocenters. The summed E-state index contributed by atoms with van der Waals surface area (Å²) in [5, 5.41) is 13.0. The minimum Gasteiger partial charge on any atom is -0.507 e. The van der Waals surface area contributed by atoms with Gasteiger partial charge in [0.2, 0.25) is 0 Å². The van der Waals surface area contributed by atoms with Gasteiger partial charge in [0.25, 0.3) is 0 Å². The van der Waals surface area contributed by atoms with Gasteiger partial charge in [-0.2, -0.15) is 0 Å². The van der Waals surface area contributed by atoms with Crippen LogP contribution in [-0.4, -0.2) is 5.11 Å². The van der Waals surface area contributed by atoms with E-state index < -0.39 is 0 Å². The van der Waals surface area contributed by atoms with Gasteiger partial charge in [0.1, 0.15) is 16.9 Å². The van der Waals surface area contributed by atoms with E-state index in [4.69, 9.17) is 4.42 Å². The zero-order valence-electron chi connectivity index (χ0n) is 17.9. The SMILES string of the molecule is Oc1cc(Br)ccc1-c1c(-c2ccccc2-c2ccccc2)cc(Br)c2oc3ccccc3c12. The molecule has 0 saturated carbocycles. The van der Waals surface area contributed by atoms with Crippen LogP contribution in [0.15, 0.2) is 116 Å². The number of benzene rings is 5. The summed E-state index contributed by atoms with van der Waals surface area (Å²) in [5.74, 6) is 0.210. The molecule has 0 saturated heterocycles. The number of hydrogen-bond donors (Lipinski definition) is 1. The Labute approximate surface area is 213 Å². The molecule has 164 valence electrons. The van der Waals surface area contributed by atoms with Crippen LogP contribution in [0.4, 0.5) is 0 Å². The average molecular weight is 570 g/mol. The van der Waals surface area contributed by atoms with Crippen molar-refractivity contribution < 1.29 is 9.52 Å². The van der Waals surface area contributed by atoms with Crippen LogP contribution < -0.4 is 0 Å². The van der Waals surface area contributed by atoms with Gasteiger partial charge in [-0.25, -0.2) is 0 Å². The second kappa shape index (κ2) is 8.46. The number of phenols is 1. The first-order valence-electron chi connectivity index (χ1n) is 10.9. The minimum atomic E-state index is 0.210. The molecule has 0 aliphatic heterocycles. The molecule has 1 aromatic heterocycles. The summed E-state index contributed by atoms with van der Waals surface area (Å²) in [6.07, 6.45) is 0. The van der Waals surface area contributed by atoms with Crippen molar-refractivity contribution in [3.63, 3.8) is 0 Å². The molecule has 4 heteroatoms. The third-order valence-electron chi connectivity index (χ3n) is 6.13. The van der Waals surface area contributed by atoms with E-state index in [2.05, 4.69) is 92.5 Å². The topological polar surface area (TPSA) is 33.4 Å². The summed E-state index contributed by atoms with van der Waals surface area (Å²) in [4.78, 5) is 0. The molecule has 5 aromatic carbocycles. The van der Waals surface area contributed by atoms with E-state index in [-0.39, 0.29) is 5.75 Å². The standard InChI is InChI=1S/C30H18Br2O2/c31-19-14-15-22(26(33)16-19)28-24(21-11-5-4-10-20(21)18-8-2-1-3-9-18)17-25(32)30-29(28)23-12-6-7-13-27(23)34-30/h1-17,33H. The molecule has 2 nitrogen and oxygen atoms in total. The van der Waals surface area contributed by atoms with E-state index in [9.17, 15) is 5.11 Å². The molecule has 0 bridgehead atoms. The van der Waals surface area contributed by atoms with Crippen LogP contribution in [0.5, 0.6) is 5.75 Å². The van der Waals surface area contributed by atoms with Crippen molar-refractivity contribution in [1.29, 1.82) is 0 Å². The van der Waals surface area contributed by atoms with E-state index in [0.29, 0.717) is 0 Å². The minimum absolute atomic E-state index is 0.210. The second-order valence-corrected chi connectivity index (χ2v) is 9.93. The first-order valence-corrected chi connectivity index (χ1v) is 12.5. The zero-order valence-corrected chi connectivity index (χ0v) is 21.1. The molecule has 0 spiro atoms. The highest BCUT2D eigenvalue weighted by Gasteiger charge is 2.23. The van der Waals surface area contributed by atoms with Crippen molar-refractivity contribution in [2.24, 2.45) is 0 Å². The number of aromatic hydroxyl groups is 1. The maximum absolute atomic E-state index is 11.1. The molecule has 0 amide bonds. The Bertz CT molecular complexity index is 1680. The van der Waals surface area contributed by atoms with E-state index >= 15 is 0 Å². The maximum Gasteiger partial charge on any atom is 0.150 e. The number of fused-ring (bicyclic) bond motifs is 3. The molecule has 0 aliphatic rings. The summed E-state index contributed by atoms with van der Waals surface area (Å²) in [7, 11) is 0. The molecule has 0 aliphatic carbocycles. The Balaban J connectivity index is 1.79. The van der Waals surface area contributed by atoms with Gasteiger partial charge in [-0.1, -0.05) is 88.7 Å². The molecule has 1 heterocycles. The van der Waals surface area contributed by atoms with Gasteiger partial charge in [-0.05, 0) is 68.5 Å². The van der Waals surface area contributed by atoms with Gasteiger partial charge in [0.05, 0.1) is 4.47 Å². The third kappa shape index (κ3) is 3.46. The highest BCUT2D eigenvalue weighted by Crippen LogP contribution is 2.49. The maximum atomic E-state index is 11.1. The van der Waals surface area contributed by atoms with Crippen LogP contribution >= 0.6 is 31.9 Å². The first kappa shape index (κ1) is 21.2. The average Bonchev–Trinajstić information content (AvgIpc) is 3.26. The van der Waals surface area contributed by atoms with Crippen LogP contribution in [0.3, 0.4) is 0 Å².